The number of hydrogen-bond donors (Lipinski definition) is 2. The summed E-state index contributed by atoms with van der Waals surface area (Å²) in [5.41, 5.74) is 1.41. The monoisotopic (exact) mass is 294 g/mol. The van der Waals surface area contributed by atoms with E-state index in [1.54, 1.807) is 0 Å². The van der Waals surface area contributed by atoms with Crippen LogP contribution in [0.1, 0.15) is 46.5 Å². The Morgan fingerprint density at radius 2 is 1.79 bits per heavy atom. The third kappa shape index (κ3) is 8.99. The molecule has 1 rings (SSSR count). The maximum atomic E-state index is 8.74. The standard InChI is InChI=1S/C12H24N2.H2O4S/c1-5-6-7-8-9-14-12(3)10-11(2)13(14)4;1-5(2,3)4/h10-11H,5-9H2,1-4H3;(H2,1,2,3,4). The van der Waals surface area contributed by atoms with E-state index >= 15 is 0 Å². The molecule has 1 atom stereocenters. The van der Waals surface area contributed by atoms with Gasteiger partial charge < -0.3 is 5.01 Å². The predicted octanol–water partition coefficient (Wildman–Crippen LogP) is 2.37. The molecule has 2 N–H and O–H groups in total. The van der Waals surface area contributed by atoms with Crippen LogP contribution in [0.4, 0.5) is 0 Å². The molecule has 0 radical (unpaired) electrons. The van der Waals surface area contributed by atoms with Gasteiger partial charge in [-0.1, -0.05) is 26.2 Å². The maximum Gasteiger partial charge on any atom is 0.394 e. The molecule has 0 aromatic heterocycles. The minimum absolute atomic E-state index is 0.571. The SMILES string of the molecule is CCCCCCN1C(C)=CC(C)N1C.O=S(=O)(O)O. The first-order valence-electron chi connectivity index (χ1n) is 6.55. The number of hydrazine groups is 1. The number of rotatable bonds is 5. The maximum absolute atomic E-state index is 8.74. The first-order valence-corrected chi connectivity index (χ1v) is 7.95. The number of hydrogen-bond acceptors (Lipinski definition) is 4. The number of allylic oxidation sites excluding steroid dienone is 1. The van der Waals surface area contributed by atoms with Gasteiger partial charge in [-0.15, -0.1) is 0 Å². The van der Waals surface area contributed by atoms with Crippen LogP contribution in [-0.2, 0) is 10.4 Å². The van der Waals surface area contributed by atoms with Gasteiger partial charge in [0.1, 0.15) is 0 Å². The van der Waals surface area contributed by atoms with Crippen LogP contribution in [0, 0.1) is 0 Å². The molecule has 0 bridgehead atoms. The number of likely N-dealkylation sites (N-methyl/N-ethyl adjacent to an activating group) is 1. The minimum Gasteiger partial charge on any atom is -0.310 e. The van der Waals surface area contributed by atoms with Crippen LogP contribution in [0.25, 0.3) is 0 Å². The van der Waals surface area contributed by atoms with E-state index in [4.69, 9.17) is 17.5 Å². The molecular weight excluding hydrogens is 268 g/mol. The Balaban J connectivity index is 0.000000555. The van der Waals surface area contributed by atoms with Crippen LogP contribution in [-0.4, -0.2) is 47.2 Å². The average Bonchev–Trinajstić information content (AvgIpc) is 2.48. The zero-order chi connectivity index (χ0) is 15.1. The highest BCUT2D eigenvalue weighted by Crippen LogP contribution is 2.20. The highest BCUT2D eigenvalue weighted by Gasteiger charge is 2.22. The second kappa shape index (κ2) is 8.52. The van der Waals surface area contributed by atoms with Crippen molar-refractivity contribution in [1.82, 2.24) is 10.0 Å². The van der Waals surface area contributed by atoms with Crippen molar-refractivity contribution < 1.29 is 17.5 Å². The van der Waals surface area contributed by atoms with Gasteiger partial charge in [0.05, 0.1) is 0 Å². The smallest absolute Gasteiger partial charge is 0.310 e. The lowest BCUT2D eigenvalue weighted by Gasteiger charge is -2.30. The third-order valence-corrected chi connectivity index (χ3v) is 3.08. The van der Waals surface area contributed by atoms with Gasteiger partial charge in [-0.2, -0.15) is 8.42 Å². The van der Waals surface area contributed by atoms with Crippen LogP contribution < -0.4 is 0 Å². The lowest BCUT2D eigenvalue weighted by atomic mass is 10.2. The molecule has 1 heterocycles. The topological polar surface area (TPSA) is 81.1 Å². The van der Waals surface area contributed by atoms with Gasteiger partial charge >= 0.3 is 10.4 Å². The van der Waals surface area contributed by atoms with Gasteiger partial charge in [-0.05, 0) is 26.3 Å². The molecule has 0 spiro atoms. The number of unbranched alkanes of at least 4 members (excludes halogenated alkanes) is 3. The van der Waals surface area contributed by atoms with Crippen LogP contribution in [0.3, 0.4) is 0 Å². The highest BCUT2D eigenvalue weighted by atomic mass is 32.3. The van der Waals surface area contributed by atoms with Crippen molar-refractivity contribution in [2.45, 2.75) is 52.5 Å². The molecule has 0 aromatic rings. The van der Waals surface area contributed by atoms with Gasteiger partial charge in [-0.3, -0.25) is 9.11 Å². The van der Waals surface area contributed by atoms with Crippen LogP contribution in [0.15, 0.2) is 11.8 Å². The molecule has 0 fully saturated rings. The van der Waals surface area contributed by atoms with E-state index in [0.717, 1.165) is 0 Å². The van der Waals surface area contributed by atoms with E-state index in [-0.39, 0.29) is 0 Å². The van der Waals surface area contributed by atoms with E-state index in [1.807, 2.05) is 0 Å². The van der Waals surface area contributed by atoms with Crippen molar-refractivity contribution >= 4 is 10.4 Å². The molecule has 0 saturated carbocycles. The second-order valence-electron chi connectivity index (χ2n) is 4.75. The molecule has 0 saturated heterocycles. The summed E-state index contributed by atoms with van der Waals surface area (Å²) in [6, 6.07) is 0.571. The minimum atomic E-state index is -4.67. The van der Waals surface area contributed by atoms with E-state index in [2.05, 4.69) is 43.9 Å². The Morgan fingerprint density at radius 3 is 2.16 bits per heavy atom. The fourth-order valence-corrected chi connectivity index (χ4v) is 2.03. The van der Waals surface area contributed by atoms with Crippen LogP contribution in [0.5, 0.6) is 0 Å². The van der Waals surface area contributed by atoms with Crippen LogP contribution in [0.2, 0.25) is 0 Å². The molecule has 1 aliphatic rings. The van der Waals surface area contributed by atoms with E-state index in [0.29, 0.717) is 6.04 Å². The zero-order valence-corrected chi connectivity index (χ0v) is 13.0. The molecule has 0 aliphatic carbocycles. The third-order valence-electron chi connectivity index (χ3n) is 3.08. The van der Waals surface area contributed by atoms with Crippen LogP contribution >= 0.6 is 0 Å². The molecule has 0 aromatic carbocycles. The molecule has 114 valence electrons. The van der Waals surface area contributed by atoms with Gasteiger partial charge in [0.2, 0.25) is 0 Å². The molecule has 0 amide bonds. The summed E-state index contributed by atoms with van der Waals surface area (Å²) >= 11 is 0. The first kappa shape index (κ1) is 18.4. The van der Waals surface area contributed by atoms with E-state index < -0.39 is 10.4 Å². The summed E-state index contributed by atoms with van der Waals surface area (Å²) in [5, 5.41) is 4.74. The summed E-state index contributed by atoms with van der Waals surface area (Å²) in [6.45, 7) is 7.90. The molecule has 1 aliphatic heterocycles. The first-order chi connectivity index (χ1) is 8.66. The van der Waals surface area contributed by atoms with Crippen molar-refractivity contribution in [3.63, 3.8) is 0 Å². The highest BCUT2D eigenvalue weighted by molar-refractivity contribution is 7.79. The van der Waals surface area contributed by atoms with E-state index in [9.17, 15) is 0 Å². The quantitative estimate of drug-likeness (QED) is 0.598. The summed E-state index contributed by atoms with van der Waals surface area (Å²) in [6.07, 6.45) is 7.70. The van der Waals surface area contributed by atoms with Crippen molar-refractivity contribution in [3.8, 4) is 0 Å². The Kier molecular flexibility index (Phi) is 8.24. The fraction of sp³-hybridized carbons (Fsp3) is 0.833. The summed E-state index contributed by atoms with van der Waals surface area (Å²) in [7, 11) is -2.49. The van der Waals surface area contributed by atoms with Crippen molar-refractivity contribution in [3.05, 3.63) is 11.8 Å². The predicted molar refractivity (Wildman–Crippen MR) is 76.0 cm³/mol. The summed E-state index contributed by atoms with van der Waals surface area (Å²) < 4.78 is 31.6. The van der Waals surface area contributed by atoms with Gasteiger partial charge in [0, 0.05) is 25.3 Å². The lowest BCUT2D eigenvalue weighted by Crippen LogP contribution is -2.38. The van der Waals surface area contributed by atoms with E-state index in [1.165, 1.54) is 37.9 Å². The Hall–Kier alpha value is -0.630. The molecule has 6 nitrogen and oxygen atoms in total. The fourth-order valence-electron chi connectivity index (χ4n) is 2.03. The molecule has 7 heteroatoms. The normalized spacial score (nSPS) is 20.0. The average molecular weight is 294 g/mol. The van der Waals surface area contributed by atoms with Gasteiger partial charge in [0.25, 0.3) is 0 Å². The lowest BCUT2D eigenvalue weighted by molar-refractivity contribution is 0.0393. The Bertz CT molecular complexity index is 373. The summed E-state index contributed by atoms with van der Waals surface area (Å²) in [4.78, 5) is 0. The zero-order valence-electron chi connectivity index (χ0n) is 12.2. The van der Waals surface area contributed by atoms with Crippen molar-refractivity contribution in [2.75, 3.05) is 13.6 Å². The number of nitrogens with zero attached hydrogens (tertiary/aromatic N) is 2. The molecular formula is C12H26N2O4S. The molecule has 19 heavy (non-hydrogen) atoms. The van der Waals surface area contributed by atoms with Crippen molar-refractivity contribution in [1.29, 1.82) is 0 Å². The van der Waals surface area contributed by atoms with Gasteiger partial charge in [0.15, 0.2) is 0 Å². The second-order valence-corrected chi connectivity index (χ2v) is 5.65. The molecule has 1 unspecified atom stereocenters. The Morgan fingerprint density at radius 1 is 1.26 bits per heavy atom. The van der Waals surface area contributed by atoms with Gasteiger partial charge in [-0.25, -0.2) is 5.01 Å². The van der Waals surface area contributed by atoms with Crippen molar-refractivity contribution in [2.24, 2.45) is 0 Å². The Labute approximate surface area is 116 Å². The summed E-state index contributed by atoms with van der Waals surface area (Å²) in [5.74, 6) is 0. The largest absolute Gasteiger partial charge is 0.394 e.